The monoisotopic (exact) mass is 276 g/mol. The van der Waals surface area contributed by atoms with Gasteiger partial charge in [0, 0.05) is 6.04 Å². The van der Waals surface area contributed by atoms with Crippen molar-refractivity contribution in [3.05, 3.63) is 29.8 Å². The molecular weight excluding hydrogens is 257 g/mol. The Labute approximate surface area is 110 Å². The zero-order valence-electron chi connectivity index (χ0n) is 10.8. The summed E-state index contributed by atoms with van der Waals surface area (Å²) >= 11 is 0. The van der Waals surface area contributed by atoms with Crippen LogP contribution < -0.4 is 15.8 Å². The van der Waals surface area contributed by atoms with Crippen molar-refractivity contribution in [1.82, 2.24) is 5.32 Å². The van der Waals surface area contributed by atoms with Crippen LogP contribution in [0.3, 0.4) is 0 Å². The molecule has 1 atom stereocenters. The van der Waals surface area contributed by atoms with Crippen molar-refractivity contribution in [2.45, 2.75) is 32.2 Å². The number of nitrogens with one attached hydrogen (secondary N) is 1. The molecule has 0 heterocycles. The van der Waals surface area contributed by atoms with E-state index in [4.69, 9.17) is 5.73 Å². The molecule has 0 aliphatic rings. The van der Waals surface area contributed by atoms with Gasteiger partial charge in [-0.1, -0.05) is 12.1 Å². The summed E-state index contributed by atoms with van der Waals surface area (Å²) < 4.78 is 39.8. The molecule has 1 rings (SSSR count). The Bertz CT molecular complexity index is 365. The van der Waals surface area contributed by atoms with Gasteiger partial charge >= 0.3 is 6.36 Å². The third-order valence-electron chi connectivity index (χ3n) is 2.70. The van der Waals surface area contributed by atoms with Crippen LogP contribution >= 0.6 is 0 Å². The molecule has 0 radical (unpaired) electrons. The maximum Gasteiger partial charge on any atom is 0.573 e. The first-order valence-corrected chi connectivity index (χ1v) is 6.21. The Morgan fingerprint density at radius 1 is 1.21 bits per heavy atom. The van der Waals surface area contributed by atoms with Crippen molar-refractivity contribution in [3.8, 4) is 5.75 Å². The standard InChI is InChI=1S/C13H19F3N2O/c1-10(18-9-3-2-8-17)11-4-6-12(7-5-11)19-13(14,15)16/h4-7,10,18H,2-3,8-9,17H2,1H3. The molecule has 19 heavy (non-hydrogen) atoms. The highest BCUT2D eigenvalue weighted by molar-refractivity contribution is 5.29. The lowest BCUT2D eigenvalue weighted by atomic mass is 10.1. The van der Waals surface area contributed by atoms with Crippen LogP contribution in [0.25, 0.3) is 0 Å². The van der Waals surface area contributed by atoms with Gasteiger partial charge in [0.25, 0.3) is 0 Å². The van der Waals surface area contributed by atoms with Gasteiger partial charge in [-0.05, 0) is 50.6 Å². The van der Waals surface area contributed by atoms with Gasteiger partial charge in [0.15, 0.2) is 0 Å². The molecule has 0 saturated heterocycles. The van der Waals surface area contributed by atoms with E-state index in [1.807, 2.05) is 6.92 Å². The quantitative estimate of drug-likeness (QED) is 0.753. The summed E-state index contributed by atoms with van der Waals surface area (Å²) in [6, 6.07) is 5.98. The van der Waals surface area contributed by atoms with Crippen molar-refractivity contribution in [2.75, 3.05) is 13.1 Å². The summed E-state index contributed by atoms with van der Waals surface area (Å²) in [6.07, 6.45) is -2.71. The summed E-state index contributed by atoms with van der Waals surface area (Å²) in [5.74, 6) is -0.202. The van der Waals surface area contributed by atoms with Crippen LogP contribution in [-0.2, 0) is 0 Å². The van der Waals surface area contributed by atoms with E-state index in [0.717, 1.165) is 24.9 Å². The number of hydrogen-bond acceptors (Lipinski definition) is 3. The first kappa shape index (κ1) is 15.8. The largest absolute Gasteiger partial charge is 0.573 e. The van der Waals surface area contributed by atoms with Gasteiger partial charge in [-0.25, -0.2) is 0 Å². The molecule has 0 aliphatic heterocycles. The lowest BCUT2D eigenvalue weighted by Gasteiger charge is -2.15. The second-order valence-electron chi connectivity index (χ2n) is 4.29. The minimum atomic E-state index is -4.65. The van der Waals surface area contributed by atoms with Crippen LogP contribution in [0.15, 0.2) is 24.3 Å². The van der Waals surface area contributed by atoms with Crippen LogP contribution in [0, 0.1) is 0 Å². The average Bonchev–Trinajstić information content (AvgIpc) is 2.33. The van der Waals surface area contributed by atoms with Crippen LogP contribution in [0.4, 0.5) is 13.2 Å². The molecule has 3 N–H and O–H groups in total. The van der Waals surface area contributed by atoms with E-state index in [-0.39, 0.29) is 11.8 Å². The van der Waals surface area contributed by atoms with Crippen LogP contribution in [-0.4, -0.2) is 19.5 Å². The zero-order chi connectivity index (χ0) is 14.3. The molecular formula is C13H19F3N2O. The van der Waals surface area contributed by atoms with Gasteiger partial charge in [-0.2, -0.15) is 0 Å². The van der Waals surface area contributed by atoms with E-state index in [1.165, 1.54) is 12.1 Å². The molecule has 0 fully saturated rings. The Hall–Kier alpha value is -1.27. The third kappa shape index (κ3) is 6.45. The molecule has 0 amide bonds. The predicted octanol–water partition coefficient (Wildman–Crippen LogP) is 2.97. The summed E-state index contributed by atoms with van der Waals surface area (Å²) in [5.41, 5.74) is 6.31. The number of unbranched alkanes of at least 4 members (excludes halogenated alkanes) is 1. The highest BCUT2D eigenvalue weighted by Crippen LogP contribution is 2.24. The van der Waals surface area contributed by atoms with Gasteiger partial charge in [0.05, 0.1) is 0 Å². The molecule has 0 aromatic heterocycles. The minimum absolute atomic E-state index is 0.0812. The van der Waals surface area contributed by atoms with E-state index in [9.17, 15) is 13.2 Å². The normalized spacial score (nSPS) is 13.3. The fourth-order valence-electron chi connectivity index (χ4n) is 1.66. The molecule has 1 unspecified atom stereocenters. The zero-order valence-corrected chi connectivity index (χ0v) is 10.8. The molecule has 6 heteroatoms. The van der Waals surface area contributed by atoms with Crippen LogP contribution in [0.2, 0.25) is 0 Å². The first-order chi connectivity index (χ1) is 8.92. The number of benzene rings is 1. The van der Waals surface area contributed by atoms with Gasteiger partial charge in [-0.3, -0.25) is 0 Å². The molecule has 0 saturated carbocycles. The highest BCUT2D eigenvalue weighted by Gasteiger charge is 2.30. The van der Waals surface area contributed by atoms with E-state index in [0.29, 0.717) is 6.54 Å². The lowest BCUT2D eigenvalue weighted by Crippen LogP contribution is -2.20. The van der Waals surface area contributed by atoms with E-state index in [2.05, 4.69) is 10.1 Å². The van der Waals surface area contributed by atoms with E-state index < -0.39 is 6.36 Å². The minimum Gasteiger partial charge on any atom is -0.406 e. The number of rotatable bonds is 7. The first-order valence-electron chi connectivity index (χ1n) is 6.21. The smallest absolute Gasteiger partial charge is 0.406 e. The van der Waals surface area contributed by atoms with Gasteiger partial charge < -0.3 is 15.8 Å². The number of hydrogen-bond donors (Lipinski definition) is 2. The van der Waals surface area contributed by atoms with Gasteiger partial charge in [0.2, 0.25) is 0 Å². The predicted molar refractivity (Wildman–Crippen MR) is 67.8 cm³/mol. The molecule has 108 valence electrons. The van der Waals surface area contributed by atoms with Gasteiger partial charge in [0.1, 0.15) is 5.75 Å². The highest BCUT2D eigenvalue weighted by atomic mass is 19.4. The molecule has 1 aromatic carbocycles. The maximum absolute atomic E-state index is 12.0. The van der Waals surface area contributed by atoms with Crippen molar-refractivity contribution >= 4 is 0 Å². The van der Waals surface area contributed by atoms with Crippen molar-refractivity contribution in [3.63, 3.8) is 0 Å². The van der Waals surface area contributed by atoms with E-state index in [1.54, 1.807) is 12.1 Å². The SMILES string of the molecule is CC(NCCCCN)c1ccc(OC(F)(F)F)cc1. The topological polar surface area (TPSA) is 47.3 Å². The van der Waals surface area contributed by atoms with Crippen molar-refractivity contribution in [2.24, 2.45) is 5.73 Å². The second-order valence-corrected chi connectivity index (χ2v) is 4.29. The number of halogens is 3. The number of nitrogens with two attached hydrogens (primary N) is 1. The average molecular weight is 276 g/mol. The Morgan fingerprint density at radius 2 is 1.84 bits per heavy atom. The Balaban J connectivity index is 2.46. The summed E-state index contributed by atoms with van der Waals surface area (Å²) in [6.45, 7) is 3.46. The third-order valence-corrected chi connectivity index (χ3v) is 2.70. The van der Waals surface area contributed by atoms with Gasteiger partial charge in [-0.15, -0.1) is 13.2 Å². The molecule has 0 bridgehead atoms. The molecule has 0 aliphatic carbocycles. The van der Waals surface area contributed by atoms with E-state index >= 15 is 0 Å². The fraction of sp³-hybridized carbons (Fsp3) is 0.538. The van der Waals surface area contributed by atoms with Crippen LogP contribution in [0.1, 0.15) is 31.4 Å². The van der Waals surface area contributed by atoms with Crippen LogP contribution in [0.5, 0.6) is 5.75 Å². The van der Waals surface area contributed by atoms with Crippen molar-refractivity contribution < 1.29 is 17.9 Å². The summed E-state index contributed by atoms with van der Waals surface area (Å²) in [7, 11) is 0. The Kier molecular flexibility index (Phi) is 6.11. The summed E-state index contributed by atoms with van der Waals surface area (Å²) in [4.78, 5) is 0. The maximum atomic E-state index is 12.0. The molecule has 3 nitrogen and oxygen atoms in total. The molecule has 0 spiro atoms. The van der Waals surface area contributed by atoms with Crippen molar-refractivity contribution in [1.29, 1.82) is 0 Å². The second kappa shape index (κ2) is 7.35. The fourth-order valence-corrected chi connectivity index (χ4v) is 1.66. The number of alkyl halides is 3. The number of ether oxygens (including phenoxy) is 1. The molecule has 1 aromatic rings. The lowest BCUT2D eigenvalue weighted by molar-refractivity contribution is -0.274. The summed E-state index contributed by atoms with van der Waals surface area (Å²) in [5, 5.41) is 3.28. The Morgan fingerprint density at radius 3 is 2.37 bits per heavy atom.